The van der Waals surface area contributed by atoms with E-state index in [-0.39, 0.29) is 11.9 Å². The molecule has 0 amide bonds. The number of hydrogen-bond donors (Lipinski definition) is 1. The summed E-state index contributed by atoms with van der Waals surface area (Å²) in [5.74, 6) is 1.63. The van der Waals surface area contributed by atoms with Gasteiger partial charge in [0.1, 0.15) is 23.1 Å². The molecule has 0 spiro atoms. The lowest BCUT2D eigenvalue weighted by atomic mass is 10.0. The minimum atomic E-state index is -0.199. The Bertz CT molecular complexity index is 1330. The van der Waals surface area contributed by atoms with E-state index in [1.165, 1.54) is 6.07 Å². The Balaban J connectivity index is 1.33. The van der Waals surface area contributed by atoms with Crippen molar-refractivity contribution in [2.75, 3.05) is 36.5 Å². The summed E-state index contributed by atoms with van der Waals surface area (Å²) < 4.78 is 15.8. The number of hydrogen-bond acceptors (Lipinski definition) is 6. The first kappa shape index (κ1) is 22.0. The molecule has 2 aliphatic heterocycles. The molecule has 2 aliphatic rings. The van der Waals surface area contributed by atoms with E-state index in [1.54, 1.807) is 12.1 Å². The van der Waals surface area contributed by atoms with E-state index in [0.717, 1.165) is 79.6 Å². The normalized spacial score (nSPS) is 18.9. The lowest BCUT2D eigenvalue weighted by Gasteiger charge is -2.32. The maximum absolute atomic E-state index is 13.9. The van der Waals surface area contributed by atoms with Gasteiger partial charge in [-0.1, -0.05) is 18.2 Å². The first-order chi connectivity index (χ1) is 17.2. The van der Waals surface area contributed by atoms with Crippen LogP contribution in [0.15, 0.2) is 60.8 Å². The van der Waals surface area contributed by atoms with Crippen LogP contribution in [0.5, 0.6) is 0 Å². The second kappa shape index (κ2) is 9.26. The number of fused-ring (bicyclic) bond motifs is 1. The number of anilines is 2. The maximum Gasteiger partial charge on any atom is 0.154 e. The average molecular weight is 472 g/mol. The number of piperidine rings is 1. The van der Waals surface area contributed by atoms with Crippen LogP contribution in [-0.4, -0.2) is 52.3 Å². The molecule has 4 aromatic rings. The third kappa shape index (κ3) is 4.23. The van der Waals surface area contributed by atoms with E-state index >= 15 is 0 Å². The Kier molecular flexibility index (Phi) is 5.82. The third-order valence-corrected chi connectivity index (χ3v) is 7.34. The van der Waals surface area contributed by atoms with Gasteiger partial charge in [0.2, 0.25) is 0 Å². The SMILES string of the molecule is CN(c1cccc(-c2cnc3ccc(N4CCC[C@@H]4c4cccc(F)c4)nn23)n1)C1CCNCC1. The summed E-state index contributed by atoms with van der Waals surface area (Å²) >= 11 is 0. The smallest absolute Gasteiger partial charge is 0.154 e. The van der Waals surface area contributed by atoms with Crippen molar-refractivity contribution >= 4 is 17.3 Å². The fourth-order valence-electron chi connectivity index (χ4n) is 5.44. The van der Waals surface area contributed by atoms with Gasteiger partial charge in [0, 0.05) is 19.6 Å². The predicted octanol–water partition coefficient (Wildman–Crippen LogP) is 4.46. The van der Waals surface area contributed by atoms with Crippen LogP contribution >= 0.6 is 0 Å². The predicted molar refractivity (Wildman–Crippen MR) is 136 cm³/mol. The van der Waals surface area contributed by atoms with E-state index in [1.807, 2.05) is 35.0 Å². The van der Waals surface area contributed by atoms with Crippen molar-refractivity contribution in [3.8, 4) is 11.4 Å². The van der Waals surface area contributed by atoms with Crippen molar-refractivity contribution in [1.82, 2.24) is 24.9 Å². The molecule has 8 heteroatoms. The zero-order chi connectivity index (χ0) is 23.8. The van der Waals surface area contributed by atoms with Gasteiger partial charge in [0.25, 0.3) is 0 Å². The van der Waals surface area contributed by atoms with Gasteiger partial charge in [0.05, 0.1) is 17.9 Å². The molecular formula is C27H30FN7. The molecule has 0 radical (unpaired) electrons. The number of nitrogens with one attached hydrogen (secondary N) is 1. The monoisotopic (exact) mass is 471 g/mol. The Morgan fingerprint density at radius 2 is 1.89 bits per heavy atom. The van der Waals surface area contributed by atoms with Gasteiger partial charge < -0.3 is 15.1 Å². The average Bonchev–Trinajstić information content (AvgIpc) is 3.56. The van der Waals surface area contributed by atoms with E-state index in [4.69, 9.17) is 10.1 Å². The van der Waals surface area contributed by atoms with Gasteiger partial charge in [0.15, 0.2) is 5.65 Å². The first-order valence-electron chi connectivity index (χ1n) is 12.5. The number of halogens is 1. The molecular weight excluding hydrogens is 441 g/mol. The van der Waals surface area contributed by atoms with Crippen LogP contribution in [0.3, 0.4) is 0 Å². The lowest BCUT2D eigenvalue weighted by molar-refractivity contribution is 0.442. The highest BCUT2D eigenvalue weighted by molar-refractivity contribution is 5.62. The fraction of sp³-hybridized carbons (Fsp3) is 0.370. The van der Waals surface area contributed by atoms with E-state index in [0.29, 0.717) is 6.04 Å². The topological polar surface area (TPSA) is 61.6 Å². The van der Waals surface area contributed by atoms with Crippen molar-refractivity contribution in [2.24, 2.45) is 0 Å². The highest BCUT2D eigenvalue weighted by Gasteiger charge is 2.28. The minimum absolute atomic E-state index is 0.114. The van der Waals surface area contributed by atoms with Crippen LogP contribution in [0.25, 0.3) is 17.0 Å². The number of benzene rings is 1. The molecule has 1 aromatic carbocycles. The summed E-state index contributed by atoms with van der Waals surface area (Å²) in [6, 6.07) is 17.7. The van der Waals surface area contributed by atoms with Crippen LogP contribution in [0.2, 0.25) is 0 Å². The minimum Gasteiger partial charge on any atom is -0.357 e. The van der Waals surface area contributed by atoms with Gasteiger partial charge in [-0.3, -0.25) is 0 Å². The van der Waals surface area contributed by atoms with E-state index < -0.39 is 0 Å². The van der Waals surface area contributed by atoms with Crippen molar-refractivity contribution in [3.63, 3.8) is 0 Å². The Hall–Kier alpha value is -3.52. The third-order valence-electron chi connectivity index (χ3n) is 7.34. The summed E-state index contributed by atoms with van der Waals surface area (Å²) in [7, 11) is 2.13. The van der Waals surface area contributed by atoms with E-state index in [9.17, 15) is 4.39 Å². The molecule has 7 nitrogen and oxygen atoms in total. The van der Waals surface area contributed by atoms with Crippen LogP contribution in [0, 0.1) is 5.82 Å². The molecule has 0 unspecified atom stereocenters. The second-order valence-electron chi connectivity index (χ2n) is 9.48. The highest BCUT2D eigenvalue weighted by atomic mass is 19.1. The van der Waals surface area contributed by atoms with Crippen molar-refractivity contribution in [2.45, 2.75) is 37.8 Å². The zero-order valence-corrected chi connectivity index (χ0v) is 19.9. The second-order valence-corrected chi connectivity index (χ2v) is 9.48. The zero-order valence-electron chi connectivity index (χ0n) is 19.9. The molecule has 0 bridgehead atoms. The summed E-state index contributed by atoms with van der Waals surface area (Å²) in [6.45, 7) is 2.97. The molecule has 2 fully saturated rings. The maximum atomic E-state index is 13.9. The molecule has 0 aliphatic carbocycles. The molecule has 1 atom stereocenters. The highest BCUT2D eigenvalue weighted by Crippen LogP contribution is 2.35. The quantitative estimate of drug-likeness (QED) is 0.464. The Morgan fingerprint density at radius 1 is 1.03 bits per heavy atom. The van der Waals surface area contributed by atoms with Gasteiger partial charge >= 0.3 is 0 Å². The number of aromatic nitrogens is 4. The summed E-state index contributed by atoms with van der Waals surface area (Å²) in [5.41, 5.74) is 3.49. The molecule has 180 valence electrons. The number of nitrogens with zero attached hydrogens (tertiary/aromatic N) is 6. The number of pyridine rings is 1. The van der Waals surface area contributed by atoms with Gasteiger partial charge in [-0.15, -0.1) is 5.10 Å². The number of imidazole rings is 1. The van der Waals surface area contributed by atoms with Gasteiger partial charge in [-0.25, -0.2) is 18.9 Å². The largest absolute Gasteiger partial charge is 0.357 e. The summed E-state index contributed by atoms with van der Waals surface area (Å²) in [4.78, 5) is 14.1. The van der Waals surface area contributed by atoms with E-state index in [2.05, 4.69) is 39.3 Å². The molecule has 1 N–H and O–H groups in total. The van der Waals surface area contributed by atoms with Crippen molar-refractivity contribution in [3.05, 3.63) is 72.2 Å². The lowest BCUT2D eigenvalue weighted by Crippen LogP contribution is -2.41. The van der Waals surface area contributed by atoms with Crippen molar-refractivity contribution in [1.29, 1.82) is 0 Å². The molecule has 6 rings (SSSR count). The fourth-order valence-corrected chi connectivity index (χ4v) is 5.44. The first-order valence-corrected chi connectivity index (χ1v) is 12.5. The molecule has 5 heterocycles. The summed E-state index contributed by atoms with van der Waals surface area (Å²) in [5, 5.41) is 8.41. The Labute approximate surface area is 204 Å². The van der Waals surface area contributed by atoms with Crippen LogP contribution in [0.1, 0.15) is 37.3 Å². The standard InChI is InChI=1S/C27H30FN7/c1-33(21-12-14-29-15-13-21)26-9-3-7-22(31-26)24-18-30-25-10-11-27(32-35(24)25)34-16-4-8-23(34)19-5-2-6-20(28)17-19/h2-3,5-7,9-11,17-18,21,23,29H,4,8,12-16H2,1H3/t23-/m1/s1. The molecule has 2 saturated heterocycles. The Morgan fingerprint density at radius 3 is 2.74 bits per heavy atom. The molecule has 3 aromatic heterocycles. The van der Waals surface area contributed by atoms with Gasteiger partial charge in [-0.05, 0) is 80.7 Å². The number of rotatable bonds is 5. The summed E-state index contributed by atoms with van der Waals surface area (Å²) in [6.07, 6.45) is 6.10. The van der Waals surface area contributed by atoms with Crippen molar-refractivity contribution < 1.29 is 4.39 Å². The molecule has 35 heavy (non-hydrogen) atoms. The van der Waals surface area contributed by atoms with Crippen LogP contribution in [0.4, 0.5) is 16.0 Å². The van der Waals surface area contributed by atoms with Crippen LogP contribution < -0.4 is 15.1 Å². The van der Waals surface area contributed by atoms with Gasteiger partial charge in [-0.2, -0.15) is 0 Å². The van der Waals surface area contributed by atoms with Crippen LogP contribution in [-0.2, 0) is 0 Å². The molecule has 0 saturated carbocycles.